The van der Waals surface area contributed by atoms with Gasteiger partial charge in [0.15, 0.2) is 11.5 Å². The van der Waals surface area contributed by atoms with E-state index in [4.69, 9.17) is 5.73 Å². The van der Waals surface area contributed by atoms with Crippen LogP contribution >= 0.6 is 0 Å². The highest BCUT2D eigenvalue weighted by Crippen LogP contribution is 2.22. The molecule has 4 nitrogen and oxygen atoms in total. The molecule has 1 aromatic carbocycles. The molecule has 2 aromatic heterocycles. The molecule has 0 fully saturated rings. The number of hydrogen-bond acceptors (Lipinski definition) is 3. The zero-order valence-electron chi connectivity index (χ0n) is 9.76. The molecular weight excluding hydrogens is 231 g/mol. The van der Waals surface area contributed by atoms with Gasteiger partial charge in [-0.25, -0.2) is 13.9 Å². The first-order valence-corrected chi connectivity index (χ1v) is 5.52. The van der Waals surface area contributed by atoms with Crippen molar-refractivity contribution in [3.05, 3.63) is 47.9 Å². The van der Waals surface area contributed by atoms with E-state index in [1.54, 1.807) is 0 Å². The maximum Gasteiger partial charge on any atom is 0.182 e. The summed E-state index contributed by atoms with van der Waals surface area (Å²) in [5.41, 5.74) is 8.45. The topological polar surface area (TPSA) is 56.2 Å². The van der Waals surface area contributed by atoms with Gasteiger partial charge in [0.25, 0.3) is 0 Å². The van der Waals surface area contributed by atoms with Crippen LogP contribution in [0.3, 0.4) is 0 Å². The number of nitrogens with zero attached hydrogens (tertiary/aromatic N) is 3. The molecule has 0 aliphatic rings. The lowest BCUT2D eigenvalue weighted by molar-refractivity contribution is 0.615. The van der Waals surface area contributed by atoms with Gasteiger partial charge in [-0.1, -0.05) is 24.3 Å². The average molecular weight is 242 g/mol. The summed E-state index contributed by atoms with van der Waals surface area (Å²) in [6.07, 6.45) is 1.26. The molecule has 0 saturated heterocycles. The zero-order valence-corrected chi connectivity index (χ0v) is 9.76. The smallest absolute Gasteiger partial charge is 0.182 e. The predicted octanol–water partition coefficient (Wildman–Crippen LogP) is 2.43. The van der Waals surface area contributed by atoms with Gasteiger partial charge in [0.2, 0.25) is 0 Å². The fourth-order valence-electron chi connectivity index (χ4n) is 1.92. The van der Waals surface area contributed by atoms with Crippen LogP contribution in [0.5, 0.6) is 0 Å². The lowest BCUT2D eigenvalue weighted by Crippen LogP contribution is -1.95. The summed E-state index contributed by atoms with van der Waals surface area (Å²) in [4.78, 5) is 4.34. The fraction of sp³-hybridized carbons (Fsp3) is 0.0769. The maximum absolute atomic E-state index is 13.2. The van der Waals surface area contributed by atoms with E-state index in [-0.39, 0.29) is 5.69 Å². The van der Waals surface area contributed by atoms with Crippen LogP contribution < -0.4 is 5.73 Å². The lowest BCUT2D eigenvalue weighted by Gasteiger charge is -1.98. The summed E-state index contributed by atoms with van der Waals surface area (Å²) >= 11 is 0. The van der Waals surface area contributed by atoms with Crippen LogP contribution in [0.25, 0.3) is 17.0 Å². The monoisotopic (exact) mass is 242 g/mol. The molecule has 0 atom stereocenters. The summed E-state index contributed by atoms with van der Waals surface area (Å²) in [6, 6.07) is 9.01. The summed E-state index contributed by atoms with van der Waals surface area (Å²) in [5.74, 6) is 0.117. The van der Waals surface area contributed by atoms with Gasteiger partial charge in [0, 0.05) is 11.6 Å². The second kappa shape index (κ2) is 3.80. The molecule has 18 heavy (non-hydrogen) atoms. The maximum atomic E-state index is 13.2. The number of hydrogen-bond donors (Lipinski definition) is 1. The highest BCUT2D eigenvalue weighted by molar-refractivity contribution is 5.69. The lowest BCUT2D eigenvalue weighted by atomic mass is 10.1. The van der Waals surface area contributed by atoms with Crippen molar-refractivity contribution in [2.24, 2.45) is 0 Å². The van der Waals surface area contributed by atoms with Crippen LogP contribution in [0.15, 0.2) is 36.5 Å². The number of fused-ring (bicyclic) bond motifs is 1. The Hall–Kier alpha value is -2.43. The third-order valence-electron chi connectivity index (χ3n) is 2.81. The summed E-state index contributed by atoms with van der Waals surface area (Å²) in [7, 11) is 0. The van der Waals surface area contributed by atoms with Crippen molar-refractivity contribution in [1.29, 1.82) is 0 Å². The molecule has 0 radical (unpaired) electrons. The Labute approximate surface area is 103 Å². The minimum Gasteiger partial charge on any atom is -0.396 e. The first-order chi connectivity index (χ1) is 8.65. The third-order valence-corrected chi connectivity index (χ3v) is 2.81. The number of anilines is 1. The van der Waals surface area contributed by atoms with Crippen molar-refractivity contribution < 1.29 is 4.39 Å². The summed E-state index contributed by atoms with van der Waals surface area (Å²) in [6.45, 7) is 1.98. The van der Waals surface area contributed by atoms with E-state index in [0.29, 0.717) is 11.5 Å². The molecule has 0 aliphatic heterocycles. The first kappa shape index (κ1) is 10.7. The number of benzene rings is 1. The highest BCUT2D eigenvalue weighted by Gasteiger charge is 2.11. The van der Waals surface area contributed by atoms with Crippen LogP contribution in [0.2, 0.25) is 0 Å². The van der Waals surface area contributed by atoms with Crippen LogP contribution in [-0.4, -0.2) is 14.6 Å². The van der Waals surface area contributed by atoms with Crippen LogP contribution in [0.4, 0.5) is 10.1 Å². The average Bonchev–Trinajstić information content (AvgIpc) is 2.73. The Kier molecular flexibility index (Phi) is 2.26. The molecule has 0 amide bonds. The van der Waals surface area contributed by atoms with Gasteiger partial charge < -0.3 is 5.73 Å². The second-order valence-electron chi connectivity index (χ2n) is 4.13. The summed E-state index contributed by atoms with van der Waals surface area (Å²) in [5, 5.41) is 4.25. The standard InChI is InChI=1S/C13H11FN4/c1-8-4-2-3-5-10(8)12-16-13-11(15)6-9(14)7-18(13)17-12/h2-7H,15H2,1H3. The van der Waals surface area contributed by atoms with Gasteiger partial charge in [-0.2, -0.15) is 0 Å². The number of pyridine rings is 1. The van der Waals surface area contributed by atoms with Gasteiger partial charge in [-0.05, 0) is 12.5 Å². The largest absolute Gasteiger partial charge is 0.396 e. The third kappa shape index (κ3) is 1.60. The number of nitrogen functional groups attached to an aromatic ring is 1. The van der Waals surface area contributed by atoms with Gasteiger partial charge in [-0.3, -0.25) is 0 Å². The molecule has 0 saturated carbocycles. The van der Waals surface area contributed by atoms with E-state index in [9.17, 15) is 4.39 Å². The number of nitrogens with two attached hydrogens (primary N) is 1. The van der Waals surface area contributed by atoms with Crippen LogP contribution in [0.1, 0.15) is 5.56 Å². The Morgan fingerprint density at radius 3 is 2.83 bits per heavy atom. The zero-order chi connectivity index (χ0) is 12.7. The quantitative estimate of drug-likeness (QED) is 0.713. The first-order valence-electron chi connectivity index (χ1n) is 5.52. The number of aryl methyl sites for hydroxylation is 1. The SMILES string of the molecule is Cc1ccccc1-c1nc2c(N)cc(F)cn2n1. The molecule has 0 unspecified atom stereocenters. The number of aromatic nitrogens is 3. The Morgan fingerprint density at radius 1 is 1.28 bits per heavy atom. The van der Waals surface area contributed by atoms with Gasteiger partial charge in [-0.15, -0.1) is 5.10 Å². The number of rotatable bonds is 1. The van der Waals surface area contributed by atoms with Gasteiger partial charge in [0.05, 0.1) is 11.9 Å². The van der Waals surface area contributed by atoms with Crippen molar-refractivity contribution in [3.63, 3.8) is 0 Å². The van der Waals surface area contributed by atoms with Gasteiger partial charge >= 0.3 is 0 Å². The summed E-state index contributed by atoms with van der Waals surface area (Å²) < 4.78 is 14.6. The minimum absolute atomic E-state index is 0.280. The molecule has 3 rings (SSSR count). The van der Waals surface area contributed by atoms with Gasteiger partial charge in [0.1, 0.15) is 5.82 Å². The molecular formula is C13H11FN4. The van der Waals surface area contributed by atoms with Crippen molar-refractivity contribution >= 4 is 11.3 Å². The van der Waals surface area contributed by atoms with Crippen LogP contribution in [0, 0.1) is 12.7 Å². The minimum atomic E-state index is -0.429. The Balaban J connectivity index is 2.26. The Bertz CT molecular complexity index is 733. The molecule has 0 spiro atoms. The molecule has 2 N–H and O–H groups in total. The molecule has 0 bridgehead atoms. The number of halogens is 1. The van der Waals surface area contributed by atoms with Crippen molar-refractivity contribution in [2.75, 3.05) is 5.73 Å². The molecule has 3 aromatic rings. The fourth-order valence-corrected chi connectivity index (χ4v) is 1.92. The van der Waals surface area contributed by atoms with E-state index in [2.05, 4.69) is 10.1 Å². The van der Waals surface area contributed by atoms with E-state index < -0.39 is 5.82 Å². The normalized spacial score (nSPS) is 11.0. The van der Waals surface area contributed by atoms with E-state index in [0.717, 1.165) is 11.1 Å². The predicted molar refractivity (Wildman–Crippen MR) is 67.5 cm³/mol. The van der Waals surface area contributed by atoms with Crippen LogP contribution in [-0.2, 0) is 0 Å². The second-order valence-corrected chi connectivity index (χ2v) is 4.13. The molecule has 0 aliphatic carbocycles. The molecule has 5 heteroatoms. The van der Waals surface area contributed by atoms with Crippen molar-refractivity contribution in [2.45, 2.75) is 6.92 Å². The van der Waals surface area contributed by atoms with Crippen molar-refractivity contribution in [1.82, 2.24) is 14.6 Å². The Morgan fingerprint density at radius 2 is 2.06 bits per heavy atom. The van der Waals surface area contributed by atoms with E-state index in [1.165, 1.54) is 16.8 Å². The molecule has 90 valence electrons. The van der Waals surface area contributed by atoms with Crippen molar-refractivity contribution in [3.8, 4) is 11.4 Å². The molecule has 2 heterocycles. The van der Waals surface area contributed by atoms with E-state index >= 15 is 0 Å². The van der Waals surface area contributed by atoms with E-state index in [1.807, 2.05) is 31.2 Å². The highest BCUT2D eigenvalue weighted by atomic mass is 19.1.